The first kappa shape index (κ1) is 41.6. The molecule has 0 fully saturated rings. The van der Waals surface area contributed by atoms with Crippen molar-refractivity contribution in [1.29, 1.82) is 0 Å². The van der Waals surface area contributed by atoms with Crippen LogP contribution in [0.3, 0.4) is 0 Å². The van der Waals surface area contributed by atoms with E-state index in [2.05, 4.69) is 236 Å². The van der Waals surface area contributed by atoms with Crippen molar-refractivity contribution in [2.45, 2.75) is 6.92 Å². The average Bonchev–Trinajstić information content (AvgIpc) is 3.76. The number of benzene rings is 10. The summed E-state index contributed by atoms with van der Waals surface area (Å²) in [6.45, 7) is 2.18. The molecular weight excluding hydrogens is 853 g/mol. The monoisotopic (exact) mass is 898 g/mol. The molecule has 5 heteroatoms. The summed E-state index contributed by atoms with van der Waals surface area (Å²) in [5, 5.41) is 7.66. The van der Waals surface area contributed by atoms with Gasteiger partial charge in [0, 0.05) is 27.5 Å². The molecule has 0 unspecified atom stereocenters. The molecule has 2 aromatic heterocycles. The summed E-state index contributed by atoms with van der Waals surface area (Å²) < 4.78 is 2.41. The van der Waals surface area contributed by atoms with Crippen molar-refractivity contribution in [3.63, 3.8) is 0 Å². The van der Waals surface area contributed by atoms with Gasteiger partial charge in [-0.2, -0.15) is 0 Å². The summed E-state index contributed by atoms with van der Waals surface area (Å²) in [6, 6.07) is 94.1. The van der Waals surface area contributed by atoms with Crippen LogP contribution in [0.25, 0.3) is 83.9 Å². The summed E-state index contributed by atoms with van der Waals surface area (Å²) in [7, 11) is -2.82. The predicted octanol–water partition coefficient (Wildman–Crippen LogP) is 13.0. The second-order valence-electron chi connectivity index (χ2n) is 17.6. The van der Waals surface area contributed by atoms with Crippen LogP contribution in [0.4, 0.5) is 0 Å². The Morgan fingerprint density at radius 3 is 1.38 bits per heavy atom. The maximum atomic E-state index is 5.39. The number of para-hydroxylation sites is 1. The zero-order valence-corrected chi connectivity index (χ0v) is 39.1. The van der Waals surface area contributed by atoms with Crippen LogP contribution in [-0.2, 0) is 0 Å². The maximum Gasteiger partial charge on any atom is 0.179 e. The molecule has 0 bridgehead atoms. The van der Waals surface area contributed by atoms with Gasteiger partial charge in [0.25, 0.3) is 0 Å². The Labute approximate surface area is 403 Å². The van der Waals surface area contributed by atoms with E-state index < -0.39 is 8.07 Å². The van der Waals surface area contributed by atoms with E-state index in [0.717, 1.165) is 44.5 Å². The van der Waals surface area contributed by atoms with Crippen LogP contribution in [0, 0.1) is 6.92 Å². The predicted molar refractivity (Wildman–Crippen MR) is 290 cm³/mol. The Kier molecular flexibility index (Phi) is 10.7. The SMILES string of the molecule is Cc1ccccc1-c1ccc2c3ccccc3n(-c3ccc(-c4cccc([Si](c5ccccc5)(c5ccccc5)c5ccccc5)c4)cc3-c3nc(-c4ccccc4)nc(-c4ccccc4)n3)c2c1. The minimum atomic E-state index is -2.82. The first-order valence-electron chi connectivity index (χ1n) is 23.5. The van der Waals surface area contributed by atoms with E-state index in [1.807, 2.05) is 36.4 Å². The average molecular weight is 899 g/mol. The van der Waals surface area contributed by atoms with E-state index in [9.17, 15) is 0 Å². The smallest absolute Gasteiger partial charge is 0.179 e. The molecule has 0 radical (unpaired) electrons. The Hall–Kier alpha value is -8.77. The van der Waals surface area contributed by atoms with Gasteiger partial charge in [-0.1, -0.05) is 237 Å². The van der Waals surface area contributed by atoms with Gasteiger partial charge >= 0.3 is 0 Å². The third-order valence-corrected chi connectivity index (χ3v) is 18.3. The van der Waals surface area contributed by atoms with Crippen LogP contribution in [0.5, 0.6) is 0 Å². The lowest BCUT2D eigenvalue weighted by Gasteiger charge is -2.34. The first-order chi connectivity index (χ1) is 34.1. The summed E-state index contributed by atoms with van der Waals surface area (Å²) in [5.74, 6) is 1.83. The number of hydrogen-bond acceptors (Lipinski definition) is 3. The van der Waals surface area contributed by atoms with Crippen molar-refractivity contribution in [2.24, 2.45) is 0 Å². The Morgan fingerprint density at radius 1 is 0.304 bits per heavy atom. The lowest BCUT2D eigenvalue weighted by atomic mass is 9.99. The van der Waals surface area contributed by atoms with E-state index in [0.29, 0.717) is 17.5 Å². The Balaban J connectivity index is 1.14. The van der Waals surface area contributed by atoms with Crippen molar-refractivity contribution in [2.75, 3.05) is 0 Å². The highest BCUT2D eigenvalue weighted by atomic mass is 28.3. The standard InChI is InChI=1S/C64H46N4Si/c1-45-22-17-18-35-55(45)50-38-40-57-56-36-19-20-37-59(56)68(61(57)44-50)60-41-39-49(43-58(60)64-66-62(46-23-7-2-8-24-46)65-63(67-64)47-25-9-3-10-26-47)48-27-21-34-54(42-48)69(51-28-11-4-12-29-51,52-30-13-5-14-31-52)53-32-15-6-16-33-53/h2-44H,1H3. The Bertz CT molecular complexity index is 3620. The minimum Gasteiger partial charge on any atom is -0.308 e. The summed E-state index contributed by atoms with van der Waals surface area (Å²) in [4.78, 5) is 15.9. The molecule has 0 aliphatic heterocycles. The van der Waals surface area contributed by atoms with Gasteiger partial charge in [-0.25, -0.2) is 15.0 Å². The number of aromatic nitrogens is 4. The third-order valence-electron chi connectivity index (χ3n) is 13.6. The molecule has 0 saturated heterocycles. The van der Waals surface area contributed by atoms with Gasteiger partial charge < -0.3 is 4.57 Å². The van der Waals surface area contributed by atoms with Gasteiger partial charge in [0.05, 0.1) is 16.7 Å². The summed E-state index contributed by atoms with van der Waals surface area (Å²) in [5.41, 5.74) is 11.7. The van der Waals surface area contributed by atoms with Gasteiger partial charge in [-0.05, 0) is 79.8 Å². The first-order valence-corrected chi connectivity index (χ1v) is 25.5. The van der Waals surface area contributed by atoms with E-state index in [4.69, 9.17) is 15.0 Å². The van der Waals surface area contributed by atoms with Crippen LogP contribution in [0.1, 0.15) is 5.56 Å². The Morgan fingerprint density at radius 2 is 0.768 bits per heavy atom. The quantitative estimate of drug-likeness (QED) is 0.101. The molecule has 0 saturated carbocycles. The van der Waals surface area contributed by atoms with Gasteiger partial charge in [-0.15, -0.1) is 0 Å². The van der Waals surface area contributed by atoms with Gasteiger partial charge in [-0.3, -0.25) is 0 Å². The van der Waals surface area contributed by atoms with Gasteiger partial charge in [0.1, 0.15) is 0 Å². The van der Waals surface area contributed by atoms with E-state index >= 15 is 0 Å². The van der Waals surface area contributed by atoms with Crippen LogP contribution in [-0.4, -0.2) is 27.6 Å². The molecule has 0 atom stereocenters. The lowest BCUT2D eigenvalue weighted by molar-refractivity contribution is 1.06. The molecule has 4 nitrogen and oxygen atoms in total. The normalized spacial score (nSPS) is 11.6. The van der Waals surface area contributed by atoms with Crippen molar-refractivity contribution in [3.05, 3.63) is 266 Å². The molecule has 0 N–H and O–H groups in total. The topological polar surface area (TPSA) is 43.6 Å². The lowest BCUT2D eigenvalue weighted by Crippen LogP contribution is -2.74. The number of aryl methyl sites for hydroxylation is 1. The van der Waals surface area contributed by atoms with Crippen LogP contribution in [0.2, 0.25) is 0 Å². The molecule has 0 amide bonds. The molecule has 0 aliphatic rings. The van der Waals surface area contributed by atoms with Crippen molar-refractivity contribution in [3.8, 4) is 62.1 Å². The highest BCUT2D eigenvalue weighted by Crippen LogP contribution is 2.40. The molecule has 69 heavy (non-hydrogen) atoms. The molecule has 326 valence electrons. The second-order valence-corrected chi connectivity index (χ2v) is 21.4. The van der Waals surface area contributed by atoms with Gasteiger partial charge in [0.15, 0.2) is 25.5 Å². The van der Waals surface area contributed by atoms with Crippen molar-refractivity contribution >= 4 is 50.6 Å². The molecule has 12 aromatic rings. The van der Waals surface area contributed by atoms with Crippen molar-refractivity contribution < 1.29 is 0 Å². The fourth-order valence-electron chi connectivity index (χ4n) is 10.3. The van der Waals surface area contributed by atoms with Crippen LogP contribution >= 0.6 is 0 Å². The zero-order valence-electron chi connectivity index (χ0n) is 38.1. The molecule has 0 aliphatic carbocycles. The van der Waals surface area contributed by atoms with Crippen molar-refractivity contribution in [1.82, 2.24) is 19.5 Å². The molecule has 2 heterocycles. The molecular formula is C64H46N4Si. The van der Waals surface area contributed by atoms with Crippen LogP contribution in [0.15, 0.2) is 261 Å². The van der Waals surface area contributed by atoms with E-state index in [-0.39, 0.29) is 0 Å². The highest BCUT2D eigenvalue weighted by Gasteiger charge is 2.41. The maximum absolute atomic E-state index is 5.39. The third kappa shape index (κ3) is 7.46. The number of rotatable bonds is 10. The molecule has 12 rings (SSSR count). The highest BCUT2D eigenvalue weighted by molar-refractivity contribution is 7.19. The summed E-state index contributed by atoms with van der Waals surface area (Å²) in [6.07, 6.45) is 0. The number of hydrogen-bond donors (Lipinski definition) is 0. The summed E-state index contributed by atoms with van der Waals surface area (Å²) >= 11 is 0. The zero-order chi connectivity index (χ0) is 46.2. The minimum absolute atomic E-state index is 0.596. The van der Waals surface area contributed by atoms with Crippen LogP contribution < -0.4 is 20.7 Å². The molecule has 10 aromatic carbocycles. The van der Waals surface area contributed by atoms with E-state index in [1.54, 1.807) is 0 Å². The number of fused-ring (bicyclic) bond motifs is 3. The largest absolute Gasteiger partial charge is 0.308 e. The number of nitrogens with zero attached hydrogens (tertiary/aromatic N) is 4. The second kappa shape index (κ2) is 17.8. The molecule has 0 spiro atoms. The fraction of sp³-hybridized carbons (Fsp3) is 0.0156. The van der Waals surface area contributed by atoms with Gasteiger partial charge in [0.2, 0.25) is 0 Å². The van der Waals surface area contributed by atoms with E-state index in [1.165, 1.54) is 48.2 Å². The fourth-order valence-corrected chi connectivity index (χ4v) is 15.1.